The second-order valence-electron chi connectivity index (χ2n) is 4.60. The highest BCUT2D eigenvalue weighted by Gasteiger charge is 2.22. The van der Waals surface area contributed by atoms with Crippen LogP contribution in [0.1, 0.15) is 18.1 Å². The SMILES string of the molecule is CC(Cl)c1nc2ccc(F)c(F)c2n1-c1ccccc1Cl. The molecule has 1 atom stereocenters. The molecule has 0 aliphatic heterocycles. The minimum atomic E-state index is -0.969. The van der Waals surface area contributed by atoms with Gasteiger partial charge >= 0.3 is 0 Å². The monoisotopic (exact) mass is 326 g/mol. The maximum atomic E-state index is 14.2. The van der Waals surface area contributed by atoms with Crippen molar-refractivity contribution < 1.29 is 8.78 Å². The van der Waals surface area contributed by atoms with E-state index >= 15 is 0 Å². The van der Waals surface area contributed by atoms with Crippen LogP contribution in [0, 0.1) is 11.6 Å². The summed E-state index contributed by atoms with van der Waals surface area (Å²) < 4.78 is 29.3. The molecule has 1 unspecified atom stereocenters. The fourth-order valence-corrected chi connectivity index (χ4v) is 2.63. The van der Waals surface area contributed by atoms with Crippen molar-refractivity contribution in [3.63, 3.8) is 0 Å². The van der Waals surface area contributed by atoms with Crippen LogP contribution < -0.4 is 0 Å². The van der Waals surface area contributed by atoms with Crippen LogP contribution in [0.15, 0.2) is 36.4 Å². The third kappa shape index (κ3) is 2.28. The van der Waals surface area contributed by atoms with E-state index in [0.29, 0.717) is 22.1 Å². The van der Waals surface area contributed by atoms with E-state index in [1.54, 1.807) is 31.2 Å². The molecule has 1 aromatic heterocycles. The van der Waals surface area contributed by atoms with Crippen molar-refractivity contribution in [2.75, 3.05) is 0 Å². The third-order valence-corrected chi connectivity index (χ3v) is 3.70. The number of aromatic nitrogens is 2. The van der Waals surface area contributed by atoms with Gasteiger partial charge in [0.1, 0.15) is 11.3 Å². The molecule has 3 rings (SSSR count). The summed E-state index contributed by atoms with van der Waals surface area (Å²) in [7, 11) is 0. The van der Waals surface area contributed by atoms with E-state index in [-0.39, 0.29) is 5.52 Å². The second kappa shape index (κ2) is 5.28. The van der Waals surface area contributed by atoms with Gasteiger partial charge in [0.15, 0.2) is 11.6 Å². The Kier molecular flexibility index (Phi) is 3.59. The van der Waals surface area contributed by atoms with Crippen LogP contribution in [0.5, 0.6) is 0 Å². The number of fused-ring (bicyclic) bond motifs is 1. The summed E-state index contributed by atoms with van der Waals surface area (Å²) in [5.41, 5.74) is 0.871. The smallest absolute Gasteiger partial charge is 0.185 e. The Morgan fingerprint density at radius 3 is 2.52 bits per heavy atom. The largest absolute Gasteiger partial charge is 0.291 e. The van der Waals surface area contributed by atoms with Gasteiger partial charge in [-0.1, -0.05) is 23.7 Å². The molecule has 0 bridgehead atoms. The summed E-state index contributed by atoms with van der Waals surface area (Å²) in [5.74, 6) is -1.50. The first-order valence-corrected chi connectivity index (χ1v) is 7.07. The van der Waals surface area contributed by atoms with E-state index in [9.17, 15) is 8.78 Å². The van der Waals surface area contributed by atoms with Gasteiger partial charge in [0.05, 0.1) is 21.6 Å². The molecule has 2 aromatic carbocycles. The second-order valence-corrected chi connectivity index (χ2v) is 5.66. The minimum Gasteiger partial charge on any atom is -0.291 e. The Bertz CT molecular complexity index is 828. The number of imidazole rings is 1. The normalized spacial score (nSPS) is 12.8. The van der Waals surface area contributed by atoms with Gasteiger partial charge in [0.2, 0.25) is 0 Å². The van der Waals surface area contributed by atoms with E-state index in [0.717, 1.165) is 6.07 Å². The molecule has 0 N–H and O–H groups in total. The van der Waals surface area contributed by atoms with Crippen molar-refractivity contribution >= 4 is 34.2 Å². The van der Waals surface area contributed by atoms with Crippen molar-refractivity contribution in [1.82, 2.24) is 9.55 Å². The summed E-state index contributed by atoms with van der Waals surface area (Å²) in [6.45, 7) is 1.71. The van der Waals surface area contributed by atoms with Gasteiger partial charge in [-0.05, 0) is 31.2 Å². The Labute approximate surface area is 129 Å². The van der Waals surface area contributed by atoms with Crippen LogP contribution in [0.2, 0.25) is 5.02 Å². The Balaban J connectivity index is 2.47. The molecule has 2 nitrogen and oxygen atoms in total. The summed E-state index contributed by atoms with van der Waals surface area (Å²) in [5, 5.41) is -0.0878. The van der Waals surface area contributed by atoms with Gasteiger partial charge in [0.25, 0.3) is 0 Å². The van der Waals surface area contributed by atoms with Gasteiger partial charge < -0.3 is 0 Å². The number of para-hydroxylation sites is 1. The summed E-state index contributed by atoms with van der Waals surface area (Å²) in [6.07, 6.45) is 0. The van der Waals surface area contributed by atoms with Gasteiger partial charge in [-0.15, -0.1) is 11.6 Å². The zero-order valence-electron chi connectivity index (χ0n) is 10.9. The zero-order valence-corrected chi connectivity index (χ0v) is 12.5. The van der Waals surface area contributed by atoms with Gasteiger partial charge in [-0.3, -0.25) is 4.57 Å². The molecule has 0 saturated heterocycles. The van der Waals surface area contributed by atoms with Gasteiger partial charge in [-0.2, -0.15) is 0 Å². The fourth-order valence-electron chi connectivity index (χ4n) is 2.26. The summed E-state index contributed by atoms with van der Waals surface area (Å²) in [6, 6.07) is 9.35. The predicted molar refractivity (Wildman–Crippen MR) is 80.3 cm³/mol. The maximum absolute atomic E-state index is 14.2. The number of benzene rings is 2. The molecule has 0 amide bonds. The van der Waals surface area contributed by atoms with E-state index < -0.39 is 17.0 Å². The molecule has 3 aromatic rings. The van der Waals surface area contributed by atoms with Crippen LogP contribution in [-0.4, -0.2) is 9.55 Å². The lowest BCUT2D eigenvalue weighted by molar-refractivity contribution is 0.514. The quantitative estimate of drug-likeness (QED) is 0.587. The van der Waals surface area contributed by atoms with Crippen LogP contribution >= 0.6 is 23.2 Å². The molecule has 0 radical (unpaired) electrons. The van der Waals surface area contributed by atoms with E-state index in [1.165, 1.54) is 10.6 Å². The molecular formula is C15H10Cl2F2N2. The van der Waals surface area contributed by atoms with Crippen molar-refractivity contribution in [2.45, 2.75) is 12.3 Å². The van der Waals surface area contributed by atoms with Crippen LogP contribution in [0.3, 0.4) is 0 Å². The van der Waals surface area contributed by atoms with Gasteiger partial charge in [-0.25, -0.2) is 13.8 Å². The number of hydrogen-bond donors (Lipinski definition) is 0. The Morgan fingerprint density at radius 1 is 1.14 bits per heavy atom. The number of rotatable bonds is 2. The topological polar surface area (TPSA) is 17.8 Å². The first-order valence-electron chi connectivity index (χ1n) is 6.26. The number of nitrogens with zero attached hydrogens (tertiary/aromatic N) is 2. The van der Waals surface area contributed by atoms with Crippen LogP contribution in [0.4, 0.5) is 8.78 Å². The molecule has 0 saturated carbocycles. The molecule has 0 aliphatic rings. The number of alkyl halides is 1. The minimum absolute atomic E-state index is 0.0330. The molecule has 21 heavy (non-hydrogen) atoms. The lowest BCUT2D eigenvalue weighted by atomic mass is 10.2. The molecule has 0 fully saturated rings. The standard InChI is InChI=1S/C15H10Cl2F2N2/c1-8(16)15-20-11-7-6-10(18)13(19)14(11)21(15)12-5-3-2-4-9(12)17/h2-8H,1H3. The Morgan fingerprint density at radius 2 is 1.86 bits per heavy atom. The lowest BCUT2D eigenvalue weighted by Crippen LogP contribution is -2.04. The molecule has 1 heterocycles. The van der Waals surface area contributed by atoms with E-state index in [1.807, 2.05) is 0 Å². The van der Waals surface area contributed by atoms with Crippen molar-refractivity contribution in [1.29, 1.82) is 0 Å². The van der Waals surface area contributed by atoms with Crippen LogP contribution in [0.25, 0.3) is 16.7 Å². The highest BCUT2D eigenvalue weighted by molar-refractivity contribution is 6.32. The van der Waals surface area contributed by atoms with Crippen molar-refractivity contribution in [2.24, 2.45) is 0 Å². The maximum Gasteiger partial charge on any atom is 0.185 e. The third-order valence-electron chi connectivity index (χ3n) is 3.18. The molecule has 0 spiro atoms. The average Bonchev–Trinajstić information content (AvgIpc) is 2.84. The zero-order chi connectivity index (χ0) is 15.1. The van der Waals surface area contributed by atoms with Crippen LogP contribution in [-0.2, 0) is 0 Å². The fraction of sp³-hybridized carbons (Fsp3) is 0.133. The first kappa shape index (κ1) is 14.3. The highest BCUT2D eigenvalue weighted by Crippen LogP contribution is 2.33. The molecular weight excluding hydrogens is 317 g/mol. The predicted octanol–water partition coefficient (Wildman–Crippen LogP) is 5.26. The van der Waals surface area contributed by atoms with E-state index in [2.05, 4.69) is 4.98 Å². The average molecular weight is 327 g/mol. The van der Waals surface area contributed by atoms with Crippen molar-refractivity contribution in [3.05, 3.63) is 58.9 Å². The Hall–Kier alpha value is -1.65. The summed E-state index contributed by atoms with van der Waals surface area (Å²) in [4.78, 5) is 4.30. The first-order chi connectivity index (χ1) is 10.0. The number of halogens is 4. The molecule has 6 heteroatoms. The molecule has 108 valence electrons. The van der Waals surface area contributed by atoms with Crippen molar-refractivity contribution in [3.8, 4) is 5.69 Å². The lowest BCUT2D eigenvalue weighted by Gasteiger charge is -2.12. The summed E-state index contributed by atoms with van der Waals surface area (Å²) >= 11 is 12.3. The van der Waals surface area contributed by atoms with Gasteiger partial charge in [0, 0.05) is 0 Å². The highest BCUT2D eigenvalue weighted by atomic mass is 35.5. The number of hydrogen-bond acceptors (Lipinski definition) is 1. The molecule has 0 aliphatic carbocycles. The van der Waals surface area contributed by atoms with E-state index in [4.69, 9.17) is 23.2 Å².